The maximum absolute atomic E-state index is 5.88. The lowest BCUT2D eigenvalue weighted by atomic mass is 9.85. The topological polar surface area (TPSA) is 42.1 Å². The summed E-state index contributed by atoms with van der Waals surface area (Å²) < 4.78 is 0. The van der Waals surface area contributed by atoms with Crippen molar-refractivity contribution >= 4 is 11.3 Å². The molecule has 2 N–H and O–H groups in total. The van der Waals surface area contributed by atoms with Crippen LogP contribution < -0.4 is 5.73 Å². The van der Waals surface area contributed by atoms with Gasteiger partial charge in [-0.15, -0.1) is 11.3 Å². The molecule has 4 heteroatoms. The molecule has 0 aromatic carbocycles. The molecule has 1 aromatic rings. The van der Waals surface area contributed by atoms with E-state index in [4.69, 9.17) is 5.73 Å². The van der Waals surface area contributed by atoms with Gasteiger partial charge in [-0.1, -0.05) is 0 Å². The minimum atomic E-state index is 0.485. The average Bonchev–Trinajstić information content (AvgIpc) is 2.75. The summed E-state index contributed by atoms with van der Waals surface area (Å²) in [6.45, 7) is 3.14. The van der Waals surface area contributed by atoms with Crippen LogP contribution in [0.5, 0.6) is 0 Å². The zero-order chi connectivity index (χ0) is 10.7. The summed E-state index contributed by atoms with van der Waals surface area (Å²) in [6, 6.07) is 0. The molecule has 3 nitrogen and oxygen atoms in total. The number of hydrogen-bond acceptors (Lipinski definition) is 4. The van der Waals surface area contributed by atoms with Crippen LogP contribution in [0.3, 0.4) is 0 Å². The highest BCUT2D eigenvalue weighted by atomic mass is 32.1. The quantitative estimate of drug-likeness (QED) is 0.848. The van der Waals surface area contributed by atoms with Crippen molar-refractivity contribution in [3.05, 3.63) is 16.6 Å². The first-order chi connectivity index (χ1) is 7.31. The van der Waals surface area contributed by atoms with Gasteiger partial charge in [0.05, 0.1) is 5.01 Å². The molecule has 2 heterocycles. The Kier molecular flexibility index (Phi) is 3.72. The first kappa shape index (κ1) is 11.0. The molecular weight excluding hydrogens is 206 g/mol. The number of piperidine rings is 1. The van der Waals surface area contributed by atoms with Crippen LogP contribution in [0, 0.1) is 5.92 Å². The number of nitrogens with zero attached hydrogens (tertiary/aromatic N) is 2. The predicted molar refractivity (Wildman–Crippen MR) is 64.1 cm³/mol. The normalized spacial score (nSPS) is 21.7. The lowest BCUT2D eigenvalue weighted by molar-refractivity contribution is 0.199. The molecule has 1 aliphatic heterocycles. The van der Waals surface area contributed by atoms with Gasteiger partial charge >= 0.3 is 0 Å². The standard InChI is InChI=1S/C11H19N3S/c1-14-5-2-9(3-6-14)10(8-12)11-13-4-7-15-11/h4,7,9-10H,2-3,5-6,8,12H2,1H3. The smallest absolute Gasteiger partial charge is 0.0971 e. The largest absolute Gasteiger partial charge is 0.330 e. The Morgan fingerprint density at radius 1 is 1.60 bits per heavy atom. The van der Waals surface area contributed by atoms with Gasteiger partial charge in [0.15, 0.2) is 0 Å². The molecule has 0 aliphatic carbocycles. The summed E-state index contributed by atoms with van der Waals surface area (Å²) in [7, 11) is 2.19. The summed E-state index contributed by atoms with van der Waals surface area (Å²) in [5.74, 6) is 1.22. The average molecular weight is 225 g/mol. The molecule has 1 fully saturated rings. The number of hydrogen-bond donors (Lipinski definition) is 1. The van der Waals surface area contributed by atoms with E-state index in [9.17, 15) is 0 Å². The molecule has 0 saturated carbocycles. The zero-order valence-electron chi connectivity index (χ0n) is 9.22. The molecule has 1 unspecified atom stereocenters. The number of aromatic nitrogens is 1. The SMILES string of the molecule is CN1CCC(C(CN)c2nccs2)CC1. The van der Waals surface area contributed by atoms with E-state index >= 15 is 0 Å². The van der Waals surface area contributed by atoms with Crippen molar-refractivity contribution in [3.63, 3.8) is 0 Å². The summed E-state index contributed by atoms with van der Waals surface area (Å²) in [6.07, 6.45) is 4.41. The van der Waals surface area contributed by atoms with Crippen LogP contribution in [0.2, 0.25) is 0 Å². The van der Waals surface area contributed by atoms with Crippen LogP contribution in [-0.2, 0) is 0 Å². The zero-order valence-corrected chi connectivity index (χ0v) is 10.0. The molecule has 0 amide bonds. The fourth-order valence-electron chi connectivity index (χ4n) is 2.34. The molecule has 84 valence electrons. The second kappa shape index (κ2) is 5.05. The lowest BCUT2D eigenvalue weighted by Gasteiger charge is -2.32. The Morgan fingerprint density at radius 3 is 2.87 bits per heavy atom. The monoisotopic (exact) mass is 225 g/mol. The van der Waals surface area contributed by atoms with Gasteiger partial charge in [-0.3, -0.25) is 0 Å². The lowest BCUT2D eigenvalue weighted by Crippen LogP contribution is -2.34. The van der Waals surface area contributed by atoms with Gasteiger partial charge in [-0.2, -0.15) is 0 Å². The number of thiazole rings is 1. The third-order valence-corrected chi connectivity index (χ3v) is 4.26. The molecular formula is C11H19N3S. The van der Waals surface area contributed by atoms with Crippen LogP contribution in [0.15, 0.2) is 11.6 Å². The van der Waals surface area contributed by atoms with Crippen LogP contribution in [0.25, 0.3) is 0 Å². The van der Waals surface area contributed by atoms with Crippen LogP contribution in [0.4, 0.5) is 0 Å². The van der Waals surface area contributed by atoms with Crippen molar-refractivity contribution in [2.45, 2.75) is 18.8 Å². The fraction of sp³-hybridized carbons (Fsp3) is 0.727. The van der Waals surface area contributed by atoms with Gasteiger partial charge in [-0.25, -0.2) is 4.98 Å². The first-order valence-electron chi connectivity index (χ1n) is 5.59. The highest BCUT2D eigenvalue weighted by Crippen LogP contribution is 2.32. The van der Waals surface area contributed by atoms with Crippen molar-refractivity contribution in [2.75, 3.05) is 26.7 Å². The maximum atomic E-state index is 5.88. The van der Waals surface area contributed by atoms with E-state index in [0.29, 0.717) is 5.92 Å². The van der Waals surface area contributed by atoms with Crippen molar-refractivity contribution < 1.29 is 0 Å². The maximum Gasteiger partial charge on any atom is 0.0971 e. The Hall–Kier alpha value is -0.450. The Morgan fingerprint density at radius 2 is 2.33 bits per heavy atom. The Bertz CT molecular complexity index is 278. The third kappa shape index (κ3) is 2.56. The molecule has 1 atom stereocenters. The van der Waals surface area contributed by atoms with Crippen molar-refractivity contribution in [1.82, 2.24) is 9.88 Å². The molecule has 1 aromatic heterocycles. The van der Waals surface area contributed by atoms with Crippen LogP contribution in [0.1, 0.15) is 23.8 Å². The minimum Gasteiger partial charge on any atom is -0.330 e. The summed E-state index contributed by atoms with van der Waals surface area (Å²) >= 11 is 1.75. The summed E-state index contributed by atoms with van der Waals surface area (Å²) in [5.41, 5.74) is 5.88. The first-order valence-corrected chi connectivity index (χ1v) is 6.47. The molecule has 0 radical (unpaired) electrons. The van der Waals surface area contributed by atoms with Gasteiger partial charge in [-0.05, 0) is 38.9 Å². The van der Waals surface area contributed by atoms with E-state index in [1.165, 1.54) is 30.9 Å². The Balaban J connectivity index is 2.01. The molecule has 0 spiro atoms. The number of rotatable bonds is 3. The second-order valence-corrected chi connectivity index (χ2v) is 5.28. The van der Waals surface area contributed by atoms with E-state index in [0.717, 1.165) is 12.5 Å². The highest BCUT2D eigenvalue weighted by molar-refractivity contribution is 7.09. The third-order valence-electron chi connectivity index (χ3n) is 3.35. The van der Waals surface area contributed by atoms with E-state index in [1.807, 2.05) is 11.6 Å². The van der Waals surface area contributed by atoms with Gasteiger partial charge in [0.25, 0.3) is 0 Å². The van der Waals surface area contributed by atoms with E-state index in [-0.39, 0.29) is 0 Å². The van der Waals surface area contributed by atoms with Crippen molar-refractivity contribution in [3.8, 4) is 0 Å². The van der Waals surface area contributed by atoms with Gasteiger partial charge < -0.3 is 10.6 Å². The summed E-state index contributed by atoms with van der Waals surface area (Å²) in [5, 5.41) is 3.28. The fourth-order valence-corrected chi connectivity index (χ4v) is 3.19. The Labute approximate surface area is 95.3 Å². The second-order valence-electron chi connectivity index (χ2n) is 4.35. The highest BCUT2D eigenvalue weighted by Gasteiger charge is 2.26. The van der Waals surface area contributed by atoms with Gasteiger partial charge in [0, 0.05) is 24.0 Å². The van der Waals surface area contributed by atoms with Crippen molar-refractivity contribution in [2.24, 2.45) is 11.7 Å². The molecule has 1 aliphatic rings. The van der Waals surface area contributed by atoms with E-state index in [1.54, 1.807) is 11.3 Å². The van der Waals surface area contributed by atoms with Crippen LogP contribution >= 0.6 is 11.3 Å². The van der Waals surface area contributed by atoms with E-state index < -0.39 is 0 Å². The predicted octanol–water partition coefficient (Wildman–Crippen LogP) is 1.53. The minimum absolute atomic E-state index is 0.485. The number of likely N-dealkylation sites (tertiary alicyclic amines) is 1. The molecule has 0 bridgehead atoms. The summed E-state index contributed by atoms with van der Waals surface area (Å²) in [4.78, 5) is 6.80. The molecule has 15 heavy (non-hydrogen) atoms. The van der Waals surface area contributed by atoms with Gasteiger partial charge in [0.1, 0.15) is 0 Å². The molecule has 2 rings (SSSR count). The molecule has 1 saturated heterocycles. The van der Waals surface area contributed by atoms with Gasteiger partial charge in [0.2, 0.25) is 0 Å². The van der Waals surface area contributed by atoms with Crippen LogP contribution in [-0.4, -0.2) is 36.6 Å². The van der Waals surface area contributed by atoms with Crippen molar-refractivity contribution in [1.29, 1.82) is 0 Å². The number of nitrogens with two attached hydrogens (primary N) is 1. The van der Waals surface area contributed by atoms with E-state index in [2.05, 4.69) is 16.9 Å².